The summed E-state index contributed by atoms with van der Waals surface area (Å²) in [5, 5.41) is 10.3. The maximum Gasteiger partial charge on any atom is 0.184 e. The van der Waals surface area contributed by atoms with Gasteiger partial charge in [0.25, 0.3) is 0 Å². The van der Waals surface area contributed by atoms with E-state index in [4.69, 9.17) is 4.43 Å². The molecule has 4 aliphatic rings. The molecule has 4 rings (SSSR count). The molecule has 0 aromatic rings. The Balaban J connectivity index is 0.000000264. The van der Waals surface area contributed by atoms with Crippen LogP contribution in [0.3, 0.4) is 0 Å². The minimum Gasteiger partial charge on any atom is -0.409 e. The Bertz CT molecular complexity index is 1230. The number of Topliss-reactive ketones (excluding diaryl/α,β-unsaturated/α-hetero) is 2. The summed E-state index contributed by atoms with van der Waals surface area (Å²) in [6.07, 6.45) is 27.0. The van der Waals surface area contributed by atoms with Crippen molar-refractivity contribution in [2.24, 2.45) is 34.5 Å². The van der Waals surface area contributed by atoms with Gasteiger partial charge in [-0.15, -0.1) is 0 Å². The lowest BCUT2D eigenvalue weighted by atomic mass is 9.63. The fraction of sp³-hybridized carbons (Fsp3) is 0.767. The average molecular weight is 681 g/mol. The highest BCUT2D eigenvalue weighted by molar-refractivity contribution is 6.69. The van der Waals surface area contributed by atoms with Gasteiger partial charge >= 0.3 is 0 Å². The number of rotatable bonds is 14. The third-order valence-corrected chi connectivity index (χ3v) is 13.9. The lowest BCUT2D eigenvalue weighted by Gasteiger charge is -2.40. The quantitative estimate of drug-likeness (QED) is 0.146. The van der Waals surface area contributed by atoms with E-state index in [0.29, 0.717) is 23.4 Å². The Hall–Kier alpha value is -1.56. The van der Waals surface area contributed by atoms with Crippen molar-refractivity contribution in [3.8, 4) is 0 Å². The second-order valence-corrected chi connectivity index (χ2v) is 21.7. The SMILES string of the molecule is CCC(/C=C/C[C@H](C)C1=CCC2C(=O)CCC[C@]12C)(CC)O[Si](C)(C)C.CCC(O)(/C=C/C[C@H](C)C1=CCC2C(=O)CCC[C@]12C)CC. The molecule has 0 aromatic heterocycles. The van der Waals surface area contributed by atoms with E-state index in [2.05, 4.69) is 91.6 Å². The van der Waals surface area contributed by atoms with Gasteiger partial charge in [0.15, 0.2) is 8.32 Å². The molecule has 4 aliphatic carbocycles. The molecule has 48 heavy (non-hydrogen) atoms. The smallest absolute Gasteiger partial charge is 0.184 e. The molecule has 0 heterocycles. The van der Waals surface area contributed by atoms with Crippen LogP contribution < -0.4 is 0 Å². The molecule has 2 saturated carbocycles. The topological polar surface area (TPSA) is 63.6 Å². The summed E-state index contributed by atoms with van der Waals surface area (Å²) in [6, 6.07) is 0. The zero-order chi connectivity index (χ0) is 36.0. The number of hydrogen-bond donors (Lipinski definition) is 1. The molecule has 0 amide bonds. The number of carbonyl (C=O) groups excluding carboxylic acids is 2. The summed E-state index contributed by atoms with van der Waals surface area (Å²) in [7, 11) is -1.58. The Morgan fingerprint density at radius 3 is 1.58 bits per heavy atom. The van der Waals surface area contributed by atoms with Crippen LogP contribution in [0, 0.1) is 34.5 Å². The Morgan fingerprint density at radius 2 is 1.21 bits per heavy atom. The van der Waals surface area contributed by atoms with Gasteiger partial charge in [0.2, 0.25) is 0 Å². The minimum absolute atomic E-state index is 0.0917. The summed E-state index contributed by atoms with van der Waals surface area (Å²) in [5.74, 6) is 2.39. The van der Waals surface area contributed by atoms with Crippen molar-refractivity contribution in [1.82, 2.24) is 0 Å². The van der Waals surface area contributed by atoms with Crippen LogP contribution in [0.25, 0.3) is 0 Å². The van der Waals surface area contributed by atoms with E-state index in [9.17, 15) is 14.7 Å². The van der Waals surface area contributed by atoms with E-state index in [1.165, 1.54) is 17.6 Å². The molecule has 0 saturated heterocycles. The van der Waals surface area contributed by atoms with Gasteiger partial charge < -0.3 is 9.53 Å². The maximum atomic E-state index is 12.3. The molecule has 0 radical (unpaired) electrons. The van der Waals surface area contributed by atoms with Crippen molar-refractivity contribution in [1.29, 1.82) is 0 Å². The van der Waals surface area contributed by atoms with Crippen molar-refractivity contribution in [3.05, 3.63) is 47.6 Å². The molecule has 1 N–H and O–H groups in total. The highest BCUT2D eigenvalue weighted by Gasteiger charge is 2.49. The first kappa shape index (κ1) is 40.9. The molecule has 272 valence electrons. The van der Waals surface area contributed by atoms with Crippen molar-refractivity contribution in [2.45, 2.75) is 176 Å². The second kappa shape index (κ2) is 16.6. The van der Waals surface area contributed by atoms with Crippen LogP contribution in [0.4, 0.5) is 0 Å². The zero-order valence-corrected chi connectivity index (χ0v) is 33.8. The normalized spacial score (nSPS) is 29.3. The average Bonchev–Trinajstić information content (AvgIpc) is 3.58. The molecule has 5 heteroatoms. The monoisotopic (exact) mass is 681 g/mol. The molecule has 0 bridgehead atoms. The molecule has 0 aliphatic heterocycles. The third-order valence-electron chi connectivity index (χ3n) is 12.8. The number of ketones is 2. The third kappa shape index (κ3) is 9.40. The second-order valence-electron chi connectivity index (χ2n) is 17.2. The van der Waals surface area contributed by atoms with Gasteiger partial charge in [-0.3, -0.25) is 9.59 Å². The number of hydrogen-bond acceptors (Lipinski definition) is 4. The molecule has 2 unspecified atom stereocenters. The van der Waals surface area contributed by atoms with Gasteiger partial charge in [-0.1, -0.05) is 103 Å². The van der Waals surface area contributed by atoms with Crippen LogP contribution >= 0.6 is 0 Å². The predicted molar refractivity (Wildman–Crippen MR) is 205 cm³/mol. The van der Waals surface area contributed by atoms with Gasteiger partial charge in [-0.25, -0.2) is 0 Å². The van der Waals surface area contributed by atoms with E-state index in [1.807, 2.05) is 19.9 Å². The fourth-order valence-corrected chi connectivity index (χ4v) is 11.2. The summed E-state index contributed by atoms with van der Waals surface area (Å²) in [5.41, 5.74) is 2.45. The van der Waals surface area contributed by atoms with Crippen LogP contribution in [0.2, 0.25) is 19.6 Å². The number of carbonyl (C=O) groups is 2. The zero-order valence-electron chi connectivity index (χ0n) is 32.8. The molecule has 0 spiro atoms. The molecule has 6 atom stereocenters. The molecule has 2 fully saturated rings. The standard InChI is InChI=1S/C23H40O2Si.C20H32O2/c1-8-23(9-2,25-26(5,6)7)17-10-12-18(3)19-14-15-20-21(24)13-11-16-22(19,20)4;1-5-20(22,6-2)14-7-9-15(3)16-11-12-17-18(21)10-8-13-19(16,17)4/h10,14,17-18,20H,8-9,11-13,15-16H2,1-7H3;7,11,14-15,17,22H,5-6,8-10,12-13H2,1-4H3/b17-10+;14-7+/t18-,20?,22+;15-,17?,19+/m00/s1. The highest BCUT2D eigenvalue weighted by atomic mass is 28.4. The fourth-order valence-electron chi connectivity index (χ4n) is 9.62. The van der Waals surface area contributed by atoms with Crippen LogP contribution in [-0.4, -0.2) is 36.2 Å². The maximum absolute atomic E-state index is 12.3. The largest absolute Gasteiger partial charge is 0.409 e. The van der Waals surface area contributed by atoms with Crippen molar-refractivity contribution < 1.29 is 19.1 Å². The summed E-state index contributed by atoms with van der Waals surface area (Å²) >= 11 is 0. The van der Waals surface area contributed by atoms with Crippen molar-refractivity contribution in [3.63, 3.8) is 0 Å². The van der Waals surface area contributed by atoms with Crippen molar-refractivity contribution in [2.75, 3.05) is 0 Å². The van der Waals surface area contributed by atoms with E-state index >= 15 is 0 Å². The first-order valence-electron chi connectivity index (χ1n) is 19.7. The van der Waals surface area contributed by atoms with Crippen LogP contribution in [0.15, 0.2) is 47.6 Å². The minimum atomic E-state index is -1.58. The van der Waals surface area contributed by atoms with E-state index in [-0.39, 0.29) is 28.3 Å². The number of aliphatic hydroxyl groups is 1. The van der Waals surface area contributed by atoms with Gasteiger partial charge in [-0.2, -0.15) is 0 Å². The first-order chi connectivity index (χ1) is 22.4. The highest BCUT2D eigenvalue weighted by Crippen LogP contribution is 2.55. The lowest BCUT2D eigenvalue weighted by molar-refractivity contribution is -0.128. The van der Waals surface area contributed by atoms with Crippen molar-refractivity contribution >= 4 is 19.9 Å². The van der Waals surface area contributed by atoms with E-state index < -0.39 is 13.9 Å². The Labute approximate surface area is 296 Å². The van der Waals surface area contributed by atoms with E-state index in [0.717, 1.165) is 83.5 Å². The Kier molecular flexibility index (Phi) is 14.2. The molecular formula is C43H72O4Si. The van der Waals surface area contributed by atoms with Gasteiger partial charge in [0.1, 0.15) is 11.6 Å². The number of allylic oxidation sites excluding steroid dienone is 6. The van der Waals surface area contributed by atoms with Gasteiger partial charge in [-0.05, 0) is 119 Å². The first-order valence-corrected chi connectivity index (χ1v) is 23.1. The molecule has 0 aromatic carbocycles. The van der Waals surface area contributed by atoms with E-state index in [1.54, 1.807) is 0 Å². The summed E-state index contributed by atoms with van der Waals surface area (Å²) in [4.78, 5) is 24.5. The van der Waals surface area contributed by atoms with Gasteiger partial charge in [0.05, 0.1) is 11.2 Å². The Morgan fingerprint density at radius 1 is 0.792 bits per heavy atom. The lowest BCUT2D eigenvalue weighted by Crippen LogP contribution is -2.40. The predicted octanol–water partition coefficient (Wildman–Crippen LogP) is 11.5. The van der Waals surface area contributed by atoms with Crippen LogP contribution in [-0.2, 0) is 14.0 Å². The summed E-state index contributed by atoms with van der Waals surface area (Å²) < 4.78 is 6.54. The number of fused-ring (bicyclic) bond motifs is 2. The van der Waals surface area contributed by atoms with Crippen LogP contribution in [0.1, 0.15) is 145 Å². The summed E-state index contributed by atoms with van der Waals surface area (Å²) in [6.45, 7) is 24.6. The molecule has 4 nitrogen and oxygen atoms in total. The molecular weight excluding hydrogens is 609 g/mol. The van der Waals surface area contributed by atoms with Gasteiger partial charge in [0, 0.05) is 24.7 Å². The van der Waals surface area contributed by atoms with Crippen LogP contribution in [0.5, 0.6) is 0 Å².